The molecule has 0 nitrogen and oxygen atoms in total. The summed E-state index contributed by atoms with van der Waals surface area (Å²) in [5.41, 5.74) is 0.714. The van der Waals surface area contributed by atoms with Gasteiger partial charge >= 0.3 is 0 Å². The third-order valence-electron chi connectivity index (χ3n) is 4.54. The molecule has 0 aliphatic heterocycles. The van der Waals surface area contributed by atoms with Crippen molar-refractivity contribution >= 4 is 0 Å². The lowest BCUT2D eigenvalue weighted by molar-refractivity contribution is 0.117. The first-order chi connectivity index (χ1) is 5.73. The fourth-order valence-electron chi connectivity index (χ4n) is 3.35. The third-order valence-corrected chi connectivity index (χ3v) is 4.54. The van der Waals surface area contributed by atoms with Gasteiger partial charge in [-0.2, -0.15) is 0 Å². The van der Waals surface area contributed by atoms with Crippen molar-refractivity contribution in [3.8, 4) is 0 Å². The molecule has 0 bridgehead atoms. The lowest BCUT2D eigenvalue weighted by Gasteiger charge is -2.39. The lowest BCUT2D eigenvalue weighted by Crippen LogP contribution is -2.28. The standard InChI is InChI=1S/C12H22/c1-3-12(2)8-7-10-5-4-6-11(10)9-12/h10-11H,3-9H2,1-2H3. The predicted octanol–water partition coefficient (Wildman–Crippen LogP) is 4.00. The van der Waals surface area contributed by atoms with E-state index in [0.717, 1.165) is 11.8 Å². The first kappa shape index (κ1) is 8.59. The maximum absolute atomic E-state index is 2.50. The van der Waals surface area contributed by atoms with Gasteiger partial charge in [0.25, 0.3) is 0 Å². The van der Waals surface area contributed by atoms with E-state index in [0.29, 0.717) is 5.41 Å². The van der Waals surface area contributed by atoms with Crippen LogP contribution in [0.5, 0.6) is 0 Å². The molecule has 0 amide bonds. The molecule has 2 aliphatic rings. The molecule has 2 rings (SSSR count). The van der Waals surface area contributed by atoms with Crippen LogP contribution in [0.4, 0.5) is 0 Å². The number of fused-ring (bicyclic) bond motifs is 1. The summed E-state index contributed by atoms with van der Waals surface area (Å²) < 4.78 is 0. The first-order valence-corrected chi connectivity index (χ1v) is 5.73. The van der Waals surface area contributed by atoms with Crippen LogP contribution in [-0.4, -0.2) is 0 Å². The maximum Gasteiger partial charge on any atom is -0.0326 e. The first-order valence-electron chi connectivity index (χ1n) is 5.73. The Balaban J connectivity index is 2.00. The predicted molar refractivity (Wildman–Crippen MR) is 53.1 cm³/mol. The molecule has 3 atom stereocenters. The molecule has 0 heteroatoms. The summed E-state index contributed by atoms with van der Waals surface area (Å²) in [7, 11) is 0. The van der Waals surface area contributed by atoms with E-state index in [2.05, 4.69) is 13.8 Å². The Morgan fingerprint density at radius 2 is 1.92 bits per heavy atom. The number of hydrogen-bond donors (Lipinski definition) is 0. The zero-order chi connectivity index (χ0) is 8.60. The van der Waals surface area contributed by atoms with Crippen LogP contribution in [0, 0.1) is 17.3 Å². The molecule has 0 saturated heterocycles. The van der Waals surface area contributed by atoms with Crippen molar-refractivity contribution in [1.29, 1.82) is 0 Å². The van der Waals surface area contributed by atoms with Crippen LogP contribution in [0.25, 0.3) is 0 Å². The maximum atomic E-state index is 2.50. The van der Waals surface area contributed by atoms with Crippen molar-refractivity contribution in [3.05, 3.63) is 0 Å². The van der Waals surface area contributed by atoms with E-state index in [1.807, 2.05) is 0 Å². The van der Waals surface area contributed by atoms with E-state index in [9.17, 15) is 0 Å². The minimum Gasteiger partial charge on any atom is -0.0649 e. The van der Waals surface area contributed by atoms with Crippen molar-refractivity contribution < 1.29 is 0 Å². The summed E-state index contributed by atoms with van der Waals surface area (Å²) in [5.74, 6) is 2.24. The quantitative estimate of drug-likeness (QED) is 0.552. The van der Waals surface area contributed by atoms with Crippen molar-refractivity contribution in [2.45, 2.75) is 58.8 Å². The van der Waals surface area contributed by atoms with Crippen molar-refractivity contribution in [1.82, 2.24) is 0 Å². The smallest absolute Gasteiger partial charge is 0.0326 e. The highest BCUT2D eigenvalue weighted by molar-refractivity contribution is 4.89. The number of hydrogen-bond acceptors (Lipinski definition) is 0. The van der Waals surface area contributed by atoms with Crippen LogP contribution in [0.1, 0.15) is 58.8 Å². The zero-order valence-electron chi connectivity index (χ0n) is 8.60. The second-order valence-electron chi connectivity index (χ2n) is 5.36. The normalized spacial score (nSPS) is 47.5. The summed E-state index contributed by atoms with van der Waals surface area (Å²) >= 11 is 0. The molecule has 3 unspecified atom stereocenters. The summed E-state index contributed by atoms with van der Waals surface area (Å²) in [5, 5.41) is 0. The van der Waals surface area contributed by atoms with Gasteiger partial charge in [-0.3, -0.25) is 0 Å². The molecule has 0 aromatic rings. The summed E-state index contributed by atoms with van der Waals surface area (Å²) in [4.78, 5) is 0. The van der Waals surface area contributed by atoms with Gasteiger partial charge in [-0.15, -0.1) is 0 Å². The molecular formula is C12H22. The van der Waals surface area contributed by atoms with Gasteiger partial charge in [0.15, 0.2) is 0 Å². The average molecular weight is 166 g/mol. The van der Waals surface area contributed by atoms with Crippen LogP contribution in [0.2, 0.25) is 0 Å². The average Bonchev–Trinajstić information content (AvgIpc) is 2.51. The van der Waals surface area contributed by atoms with E-state index in [-0.39, 0.29) is 0 Å². The molecule has 0 heterocycles. The molecule has 2 aliphatic carbocycles. The highest BCUT2D eigenvalue weighted by Crippen LogP contribution is 2.50. The van der Waals surface area contributed by atoms with E-state index < -0.39 is 0 Å². The monoisotopic (exact) mass is 166 g/mol. The van der Waals surface area contributed by atoms with E-state index in [1.165, 1.54) is 32.1 Å². The second-order valence-corrected chi connectivity index (χ2v) is 5.36. The van der Waals surface area contributed by atoms with Gasteiger partial charge in [0, 0.05) is 0 Å². The van der Waals surface area contributed by atoms with Gasteiger partial charge in [-0.25, -0.2) is 0 Å². The van der Waals surface area contributed by atoms with Crippen LogP contribution in [0.3, 0.4) is 0 Å². The molecule has 12 heavy (non-hydrogen) atoms. The topological polar surface area (TPSA) is 0 Å². The SMILES string of the molecule is CCC1(C)CCC2CCCC2C1. The Labute approximate surface area is 76.7 Å². The van der Waals surface area contributed by atoms with E-state index >= 15 is 0 Å². The van der Waals surface area contributed by atoms with Gasteiger partial charge < -0.3 is 0 Å². The van der Waals surface area contributed by atoms with Gasteiger partial charge in [-0.1, -0.05) is 39.5 Å². The Bertz CT molecular complexity index is 161. The van der Waals surface area contributed by atoms with E-state index in [4.69, 9.17) is 0 Å². The minimum absolute atomic E-state index is 0.714. The van der Waals surface area contributed by atoms with Crippen LogP contribution < -0.4 is 0 Å². The minimum atomic E-state index is 0.714. The summed E-state index contributed by atoms with van der Waals surface area (Å²) in [6.45, 7) is 4.87. The largest absolute Gasteiger partial charge is 0.0649 e. The van der Waals surface area contributed by atoms with Gasteiger partial charge in [0.1, 0.15) is 0 Å². The van der Waals surface area contributed by atoms with Gasteiger partial charge in [-0.05, 0) is 36.5 Å². The molecule has 0 aromatic heterocycles. The van der Waals surface area contributed by atoms with Crippen molar-refractivity contribution in [3.63, 3.8) is 0 Å². The molecule has 70 valence electrons. The lowest BCUT2D eigenvalue weighted by atomic mass is 9.66. The molecule has 2 saturated carbocycles. The second kappa shape index (κ2) is 3.05. The highest BCUT2D eigenvalue weighted by atomic mass is 14.4. The summed E-state index contributed by atoms with van der Waals surface area (Å²) in [6.07, 6.45) is 10.6. The molecule has 0 N–H and O–H groups in total. The van der Waals surface area contributed by atoms with Crippen LogP contribution in [-0.2, 0) is 0 Å². The fraction of sp³-hybridized carbons (Fsp3) is 1.00. The third kappa shape index (κ3) is 1.41. The fourth-order valence-corrected chi connectivity index (χ4v) is 3.35. The van der Waals surface area contributed by atoms with Crippen LogP contribution >= 0.6 is 0 Å². The highest BCUT2D eigenvalue weighted by Gasteiger charge is 2.38. The Kier molecular flexibility index (Phi) is 2.18. The molecule has 0 radical (unpaired) electrons. The van der Waals surface area contributed by atoms with E-state index in [1.54, 1.807) is 12.8 Å². The Morgan fingerprint density at radius 3 is 2.67 bits per heavy atom. The van der Waals surface area contributed by atoms with Gasteiger partial charge in [0.2, 0.25) is 0 Å². The Morgan fingerprint density at radius 1 is 1.17 bits per heavy atom. The molecule has 0 aromatic carbocycles. The zero-order valence-corrected chi connectivity index (χ0v) is 8.60. The van der Waals surface area contributed by atoms with Crippen molar-refractivity contribution in [2.75, 3.05) is 0 Å². The Hall–Kier alpha value is 0. The molecule has 2 fully saturated rings. The van der Waals surface area contributed by atoms with Crippen LogP contribution in [0.15, 0.2) is 0 Å². The van der Waals surface area contributed by atoms with Crippen molar-refractivity contribution in [2.24, 2.45) is 17.3 Å². The summed E-state index contributed by atoms with van der Waals surface area (Å²) in [6, 6.07) is 0. The molecular weight excluding hydrogens is 144 g/mol. The molecule has 0 spiro atoms. The number of rotatable bonds is 1. The van der Waals surface area contributed by atoms with Gasteiger partial charge in [0.05, 0.1) is 0 Å².